The summed E-state index contributed by atoms with van der Waals surface area (Å²) in [5, 5.41) is 0.895. The van der Waals surface area contributed by atoms with Crippen molar-refractivity contribution in [1.82, 2.24) is 4.90 Å². The SMILES string of the molecule is CCOc1cc2occ(-c3cc(OC)ccc3OC)c2cc1/C(C)=C/C(=O)N1CCOCC1. The number of hydrogen-bond donors (Lipinski definition) is 0. The van der Waals surface area contributed by atoms with Gasteiger partial charge in [0.05, 0.1) is 40.3 Å². The molecule has 1 aliphatic rings. The number of furan rings is 1. The second-order valence-electron chi connectivity index (χ2n) is 7.76. The lowest BCUT2D eigenvalue weighted by molar-refractivity contribution is -0.129. The van der Waals surface area contributed by atoms with Crippen LogP contribution in [-0.2, 0) is 9.53 Å². The van der Waals surface area contributed by atoms with Crippen molar-refractivity contribution in [2.75, 3.05) is 47.1 Å². The highest BCUT2D eigenvalue weighted by molar-refractivity contribution is 6.01. The molecule has 3 aromatic rings. The van der Waals surface area contributed by atoms with Crippen molar-refractivity contribution in [3.8, 4) is 28.4 Å². The highest BCUT2D eigenvalue weighted by atomic mass is 16.5. The molecule has 0 atom stereocenters. The zero-order valence-corrected chi connectivity index (χ0v) is 19.5. The van der Waals surface area contributed by atoms with E-state index in [2.05, 4.69) is 0 Å². The van der Waals surface area contributed by atoms with E-state index < -0.39 is 0 Å². The van der Waals surface area contributed by atoms with Gasteiger partial charge in [-0.05, 0) is 43.7 Å². The highest BCUT2D eigenvalue weighted by Gasteiger charge is 2.19. The van der Waals surface area contributed by atoms with Gasteiger partial charge in [0.25, 0.3) is 0 Å². The normalized spacial score (nSPS) is 14.4. The quantitative estimate of drug-likeness (QED) is 0.482. The molecular formula is C26H29NO6. The van der Waals surface area contributed by atoms with Crippen LogP contribution in [0, 0.1) is 0 Å². The van der Waals surface area contributed by atoms with Gasteiger partial charge in [-0.25, -0.2) is 0 Å². The summed E-state index contributed by atoms with van der Waals surface area (Å²) in [4.78, 5) is 14.6. The molecule has 4 rings (SSSR count). The average Bonchev–Trinajstić information content (AvgIpc) is 3.26. The summed E-state index contributed by atoms with van der Waals surface area (Å²) in [5.41, 5.74) is 4.08. The Morgan fingerprint density at radius 1 is 1.06 bits per heavy atom. The van der Waals surface area contributed by atoms with Crippen molar-refractivity contribution in [3.05, 3.63) is 48.2 Å². The van der Waals surface area contributed by atoms with Crippen LogP contribution in [0.1, 0.15) is 19.4 Å². The first-order chi connectivity index (χ1) is 16.0. The topological polar surface area (TPSA) is 70.4 Å². The number of allylic oxidation sites excluding steroid dienone is 1. The summed E-state index contributed by atoms with van der Waals surface area (Å²) in [6, 6.07) is 9.53. The Kier molecular flexibility index (Phi) is 6.89. The molecule has 1 aliphatic heterocycles. The smallest absolute Gasteiger partial charge is 0.247 e. The molecular weight excluding hydrogens is 422 g/mol. The number of nitrogens with zero attached hydrogens (tertiary/aromatic N) is 1. The number of fused-ring (bicyclic) bond motifs is 1. The molecule has 0 bridgehead atoms. The summed E-state index contributed by atoms with van der Waals surface area (Å²) in [7, 11) is 3.27. The minimum atomic E-state index is -0.0276. The van der Waals surface area contributed by atoms with Crippen molar-refractivity contribution in [2.45, 2.75) is 13.8 Å². The maximum atomic E-state index is 12.8. The lowest BCUT2D eigenvalue weighted by Crippen LogP contribution is -2.39. The molecule has 1 amide bonds. The Bertz CT molecular complexity index is 1170. The predicted octanol–water partition coefficient (Wildman–Crippen LogP) is 4.78. The lowest BCUT2D eigenvalue weighted by atomic mass is 9.98. The number of carbonyl (C=O) groups excluding carboxylic acids is 1. The summed E-state index contributed by atoms with van der Waals surface area (Å²) in [6.07, 6.45) is 3.38. The standard InChI is InChI=1S/C26H29NO6/c1-5-32-24-15-25-21(14-19(24)17(2)12-26(28)27-8-10-31-11-9-27)22(16-33-25)20-13-18(29-3)6-7-23(20)30-4/h6-7,12-16H,5,8-11H2,1-4H3/b17-12+. The lowest BCUT2D eigenvalue weighted by Gasteiger charge is -2.26. The van der Waals surface area contributed by atoms with E-state index >= 15 is 0 Å². The fourth-order valence-corrected chi connectivity index (χ4v) is 4.01. The number of hydrogen-bond acceptors (Lipinski definition) is 6. The molecule has 7 nitrogen and oxygen atoms in total. The van der Waals surface area contributed by atoms with Crippen LogP contribution < -0.4 is 14.2 Å². The Hall–Kier alpha value is -3.45. The van der Waals surface area contributed by atoms with E-state index in [0.717, 1.165) is 33.4 Å². The predicted molar refractivity (Wildman–Crippen MR) is 127 cm³/mol. The second-order valence-corrected chi connectivity index (χ2v) is 7.76. The number of carbonyl (C=O) groups is 1. The number of ether oxygens (including phenoxy) is 4. The fourth-order valence-electron chi connectivity index (χ4n) is 4.01. The largest absolute Gasteiger partial charge is 0.497 e. The third-order valence-electron chi connectivity index (χ3n) is 5.76. The molecule has 0 spiro atoms. The number of benzene rings is 2. The van der Waals surface area contributed by atoms with E-state index in [1.54, 1.807) is 31.5 Å². The Morgan fingerprint density at radius 2 is 1.85 bits per heavy atom. The van der Waals surface area contributed by atoms with Crippen LogP contribution in [0.4, 0.5) is 0 Å². The molecule has 2 aromatic carbocycles. The number of morpholine rings is 1. The maximum absolute atomic E-state index is 12.8. The molecule has 0 radical (unpaired) electrons. The molecule has 0 saturated carbocycles. The first kappa shape index (κ1) is 22.7. The van der Waals surface area contributed by atoms with Gasteiger partial charge in [0.15, 0.2) is 0 Å². The van der Waals surface area contributed by atoms with E-state index in [4.69, 9.17) is 23.4 Å². The maximum Gasteiger partial charge on any atom is 0.247 e. The fraction of sp³-hybridized carbons (Fsp3) is 0.346. The van der Waals surface area contributed by atoms with Crippen molar-refractivity contribution < 1.29 is 28.2 Å². The average molecular weight is 452 g/mol. The van der Waals surface area contributed by atoms with Crippen LogP contribution in [0.25, 0.3) is 27.7 Å². The summed E-state index contributed by atoms with van der Waals surface area (Å²) >= 11 is 0. The Morgan fingerprint density at radius 3 is 2.55 bits per heavy atom. The zero-order chi connectivity index (χ0) is 23.4. The molecule has 0 N–H and O–H groups in total. The minimum absolute atomic E-state index is 0.0276. The molecule has 0 aliphatic carbocycles. The van der Waals surface area contributed by atoms with Gasteiger partial charge in [-0.3, -0.25) is 4.79 Å². The third-order valence-corrected chi connectivity index (χ3v) is 5.76. The highest BCUT2D eigenvalue weighted by Crippen LogP contribution is 2.41. The summed E-state index contributed by atoms with van der Waals surface area (Å²) in [5.74, 6) is 2.08. The first-order valence-corrected chi connectivity index (χ1v) is 11.0. The van der Waals surface area contributed by atoms with Gasteiger partial charge in [0, 0.05) is 47.3 Å². The summed E-state index contributed by atoms with van der Waals surface area (Å²) < 4.78 is 28.1. The minimum Gasteiger partial charge on any atom is -0.497 e. The van der Waals surface area contributed by atoms with Crippen molar-refractivity contribution >= 4 is 22.4 Å². The molecule has 1 fully saturated rings. The molecule has 1 aromatic heterocycles. The molecule has 174 valence electrons. The van der Waals surface area contributed by atoms with Gasteiger partial charge >= 0.3 is 0 Å². The zero-order valence-electron chi connectivity index (χ0n) is 19.5. The Balaban J connectivity index is 1.81. The molecule has 33 heavy (non-hydrogen) atoms. The van der Waals surface area contributed by atoms with Gasteiger partial charge < -0.3 is 28.3 Å². The van der Waals surface area contributed by atoms with E-state index in [0.29, 0.717) is 50.0 Å². The first-order valence-electron chi connectivity index (χ1n) is 11.0. The molecule has 2 heterocycles. The third kappa shape index (κ3) is 4.68. The van der Waals surface area contributed by atoms with E-state index in [1.165, 1.54) is 0 Å². The van der Waals surface area contributed by atoms with Crippen LogP contribution in [0.3, 0.4) is 0 Å². The van der Waals surface area contributed by atoms with Gasteiger partial charge in [0.1, 0.15) is 22.8 Å². The Labute approximate surface area is 193 Å². The second kappa shape index (κ2) is 10.0. The van der Waals surface area contributed by atoms with E-state index in [1.807, 2.05) is 44.2 Å². The van der Waals surface area contributed by atoms with E-state index in [-0.39, 0.29) is 5.91 Å². The number of amides is 1. The molecule has 7 heteroatoms. The van der Waals surface area contributed by atoms with E-state index in [9.17, 15) is 4.79 Å². The molecule has 1 saturated heterocycles. The van der Waals surface area contributed by atoms with Gasteiger partial charge in [0.2, 0.25) is 5.91 Å². The van der Waals surface area contributed by atoms with Gasteiger partial charge in [-0.2, -0.15) is 0 Å². The van der Waals surface area contributed by atoms with Crippen molar-refractivity contribution in [3.63, 3.8) is 0 Å². The van der Waals surface area contributed by atoms with Crippen LogP contribution in [0.5, 0.6) is 17.2 Å². The van der Waals surface area contributed by atoms with Crippen molar-refractivity contribution in [1.29, 1.82) is 0 Å². The van der Waals surface area contributed by atoms with Crippen LogP contribution in [0.15, 0.2) is 47.1 Å². The van der Waals surface area contributed by atoms with Gasteiger partial charge in [-0.1, -0.05) is 0 Å². The number of methoxy groups -OCH3 is 2. The van der Waals surface area contributed by atoms with Crippen LogP contribution in [0.2, 0.25) is 0 Å². The monoisotopic (exact) mass is 451 g/mol. The van der Waals surface area contributed by atoms with Crippen LogP contribution in [-0.4, -0.2) is 57.9 Å². The van der Waals surface area contributed by atoms with Gasteiger partial charge in [-0.15, -0.1) is 0 Å². The molecule has 0 unspecified atom stereocenters. The number of rotatable bonds is 7. The summed E-state index contributed by atoms with van der Waals surface area (Å²) in [6.45, 7) is 6.68. The van der Waals surface area contributed by atoms with Crippen molar-refractivity contribution in [2.24, 2.45) is 0 Å². The van der Waals surface area contributed by atoms with Crippen LogP contribution >= 0.6 is 0 Å².